The molecule has 1 N–H and O–H groups in total. The molecule has 2 rings (SSSR count). The van der Waals surface area contributed by atoms with Crippen LogP contribution in [0, 0.1) is 6.92 Å². The highest BCUT2D eigenvalue weighted by molar-refractivity contribution is 5.35. The molecule has 3 heteroatoms. The number of benzene rings is 1. The third-order valence-corrected chi connectivity index (χ3v) is 3.31. The quantitative estimate of drug-likeness (QED) is 0.872. The minimum atomic E-state index is 0.151. The van der Waals surface area contributed by atoms with Crippen LogP contribution >= 0.6 is 0 Å². The smallest absolute Gasteiger partial charge is 0.137 e. The highest BCUT2D eigenvalue weighted by Gasteiger charge is 2.14. The van der Waals surface area contributed by atoms with E-state index in [1.54, 1.807) is 13.3 Å². The van der Waals surface area contributed by atoms with Crippen LogP contribution in [0.3, 0.4) is 0 Å². The summed E-state index contributed by atoms with van der Waals surface area (Å²) in [4.78, 5) is 4.26. The van der Waals surface area contributed by atoms with Crippen molar-refractivity contribution in [2.24, 2.45) is 0 Å². The van der Waals surface area contributed by atoms with Crippen molar-refractivity contribution >= 4 is 0 Å². The predicted molar refractivity (Wildman–Crippen MR) is 82.1 cm³/mol. The summed E-state index contributed by atoms with van der Waals surface area (Å²) in [6.07, 6.45) is 4.73. The number of nitrogens with zero attached hydrogens (tertiary/aromatic N) is 1. The molecular formula is C17H22N2O. The average molecular weight is 270 g/mol. The maximum absolute atomic E-state index is 5.27. The number of hydrogen-bond acceptors (Lipinski definition) is 3. The molecule has 0 fully saturated rings. The van der Waals surface area contributed by atoms with E-state index in [0.29, 0.717) is 0 Å². The molecular weight excluding hydrogens is 248 g/mol. The van der Waals surface area contributed by atoms with Gasteiger partial charge in [-0.1, -0.05) is 36.8 Å². The lowest BCUT2D eigenvalue weighted by Crippen LogP contribution is -2.23. The third kappa shape index (κ3) is 3.58. The van der Waals surface area contributed by atoms with Gasteiger partial charge in [0, 0.05) is 6.20 Å². The standard InChI is InChI=1S/C17H22N2O/c1-4-9-19-17(14-7-5-13(2)6-8-14)15-10-16(20-3)12-18-11-15/h5-8,10-12,17,19H,4,9H2,1-3H3. The van der Waals surface area contributed by atoms with Gasteiger partial charge in [-0.3, -0.25) is 4.98 Å². The molecule has 1 unspecified atom stereocenters. The summed E-state index contributed by atoms with van der Waals surface area (Å²) in [7, 11) is 1.67. The Labute approximate surface area is 121 Å². The first kappa shape index (κ1) is 14.5. The van der Waals surface area contributed by atoms with Crippen molar-refractivity contribution in [2.75, 3.05) is 13.7 Å². The van der Waals surface area contributed by atoms with Gasteiger partial charge in [-0.2, -0.15) is 0 Å². The minimum absolute atomic E-state index is 0.151. The van der Waals surface area contributed by atoms with Gasteiger partial charge in [0.05, 0.1) is 19.3 Å². The minimum Gasteiger partial charge on any atom is -0.495 e. The van der Waals surface area contributed by atoms with Gasteiger partial charge in [-0.05, 0) is 37.1 Å². The van der Waals surface area contributed by atoms with Crippen LogP contribution in [0.4, 0.5) is 0 Å². The molecule has 0 spiro atoms. The SMILES string of the molecule is CCCNC(c1ccc(C)cc1)c1cncc(OC)c1. The van der Waals surface area contributed by atoms with Crippen LogP contribution in [0.15, 0.2) is 42.7 Å². The molecule has 0 aliphatic heterocycles. The highest BCUT2D eigenvalue weighted by atomic mass is 16.5. The topological polar surface area (TPSA) is 34.2 Å². The van der Waals surface area contributed by atoms with E-state index in [4.69, 9.17) is 4.74 Å². The molecule has 2 aromatic rings. The van der Waals surface area contributed by atoms with Gasteiger partial charge in [0.2, 0.25) is 0 Å². The molecule has 1 aromatic carbocycles. The summed E-state index contributed by atoms with van der Waals surface area (Å²) in [6.45, 7) is 5.24. The van der Waals surface area contributed by atoms with Crippen molar-refractivity contribution < 1.29 is 4.74 Å². The Balaban J connectivity index is 2.32. The summed E-state index contributed by atoms with van der Waals surface area (Å²) in [5, 5.41) is 3.58. The molecule has 106 valence electrons. The van der Waals surface area contributed by atoms with Crippen LogP contribution in [-0.4, -0.2) is 18.6 Å². The van der Waals surface area contributed by atoms with Gasteiger partial charge in [0.1, 0.15) is 5.75 Å². The van der Waals surface area contributed by atoms with E-state index >= 15 is 0 Å². The molecule has 1 aromatic heterocycles. The van der Waals surface area contributed by atoms with Crippen molar-refractivity contribution in [3.8, 4) is 5.75 Å². The monoisotopic (exact) mass is 270 g/mol. The van der Waals surface area contributed by atoms with Crippen LogP contribution in [0.25, 0.3) is 0 Å². The Morgan fingerprint density at radius 1 is 1.15 bits per heavy atom. The molecule has 0 aliphatic rings. The van der Waals surface area contributed by atoms with E-state index in [-0.39, 0.29) is 6.04 Å². The Morgan fingerprint density at radius 2 is 1.90 bits per heavy atom. The van der Waals surface area contributed by atoms with Crippen LogP contribution in [0.2, 0.25) is 0 Å². The number of ether oxygens (including phenoxy) is 1. The van der Waals surface area contributed by atoms with Gasteiger partial charge < -0.3 is 10.1 Å². The Bertz CT molecular complexity index is 537. The fourth-order valence-electron chi connectivity index (χ4n) is 2.18. The molecule has 0 radical (unpaired) electrons. The maximum Gasteiger partial charge on any atom is 0.137 e. The number of pyridine rings is 1. The molecule has 0 aliphatic carbocycles. The van der Waals surface area contributed by atoms with E-state index in [9.17, 15) is 0 Å². The zero-order valence-electron chi connectivity index (χ0n) is 12.4. The van der Waals surface area contributed by atoms with Crippen molar-refractivity contribution in [1.82, 2.24) is 10.3 Å². The summed E-state index contributed by atoms with van der Waals surface area (Å²) in [6, 6.07) is 10.8. The van der Waals surface area contributed by atoms with Crippen LogP contribution in [0.1, 0.15) is 36.1 Å². The van der Waals surface area contributed by atoms with E-state index in [1.165, 1.54) is 11.1 Å². The van der Waals surface area contributed by atoms with Gasteiger partial charge in [-0.15, -0.1) is 0 Å². The summed E-state index contributed by atoms with van der Waals surface area (Å²) >= 11 is 0. The molecule has 0 amide bonds. The largest absolute Gasteiger partial charge is 0.495 e. The molecule has 0 bridgehead atoms. The Kier molecular flexibility index (Phi) is 5.13. The van der Waals surface area contributed by atoms with E-state index < -0.39 is 0 Å². The second-order valence-corrected chi connectivity index (χ2v) is 4.96. The lowest BCUT2D eigenvalue weighted by atomic mass is 9.99. The zero-order valence-corrected chi connectivity index (χ0v) is 12.4. The van der Waals surface area contributed by atoms with Crippen molar-refractivity contribution in [2.45, 2.75) is 26.3 Å². The number of hydrogen-bond donors (Lipinski definition) is 1. The predicted octanol–water partition coefficient (Wildman–Crippen LogP) is 3.49. The van der Waals surface area contributed by atoms with Crippen LogP contribution < -0.4 is 10.1 Å². The fourth-order valence-corrected chi connectivity index (χ4v) is 2.18. The normalized spacial score (nSPS) is 12.2. The first-order chi connectivity index (χ1) is 9.74. The first-order valence-corrected chi connectivity index (χ1v) is 7.03. The summed E-state index contributed by atoms with van der Waals surface area (Å²) in [5.41, 5.74) is 3.65. The number of aromatic nitrogens is 1. The average Bonchev–Trinajstić information content (AvgIpc) is 2.49. The number of methoxy groups -OCH3 is 1. The molecule has 1 heterocycles. The van der Waals surface area contributed by atoms with E-state index in [2.05, 4.69) is 48.4 Å². The third-order valence-electron chi connectivity index (χ3n) is 3.31. The summed E-state index contributed by atoms with van der Waals surface area (Å²) < 4.78 is 5.27. The van der Waals surface area contributed by atoms with Gasteiger partial charge in [0.15, 0.2) is 0 Å². The number of aryl methyl sites for hydroxylation is 1. The summed E-state index contributed by atoms with van der Waals surface area (Å²) in [5.74, 6) is 0.790. The second-order valence-electron chi connectivity index (χ2n) is 4.96. The Morgan fingerprint density at radius 3 is 2.55 bits per heavy atom. The zero-order chi connectivity index (χ0) is 14.4. The van der Waals surface area contributed by atoms with Gasteiger partial charge >= 0.3 is 0 Å². The Hall–Kier alpha value is -1.87. The van der Waals surface area contributed by atoms with Gasteiger partial charge in [-0.25, -0.2) is 0 Å². The van der Waals surface area contributed by atoms with Crippen LogP contribution in [-0.2, 0) is 0 Å². The molecule has 3 nitrogen and oxygen atoms in total. The van der Waals surface area contributed by atoms with Gasteiger partial charge in [0.25, 0.3) is 0 Å². The van der Waals surface area contributed by atoms with E-state index in [1.807, 2.05) is 12.3 Å². The lowest BCUT2D eigenvalue weighted by molar-refractivity contribution is 0.411. The number of nitrogens with one attached hydrogen (secondary N) is 1. The molecule has 0 saturated heterocycles. The van der Waals surface area contributed by atoms with Crippen molar-refractivity contribution in [3.05, 3.63) is 59.4 Å². The van der Waals surface area contributed by atoms with Crippen molar-refractivity contribution in [1.29, 1.82) is 0 Å². The molecule has 0 saturated carbocycles. The molecule has 1 atom stereocenters. The maximum atomic E-state index is 5.27. The van der Waals surface area contributed by atoms with E-state index in [0.717, 1.165) is 24.3 Å². The van der Waals surface area contributed by atoms with Crippen molar-refractivity contribution in [3.63, 3.8) is 0 Å². The van der Waals surface area contributed by atoms with Crippen LogP contribution in [0.5, 0.6) is 5.75 Å². The second kappa shape index (κ2) is 7.06. The lowest BCUT2D eigenvalue weighted by Gasteiger charge is -2.20. The first-order valence-electron chi connectivity index (χ1n) is 7.03. The highest BCUT2D eigenvalue weighted by Crippen LogP contribution is 2.24. The number of rotatable bonds is 6. The fraction of sp³-hybridized carbons (Fsp3) is 0.353. The molecule has 20 heavy (non-hydrogen) atoms.